The molecule has 318 valence electrons. The highest BCUT2D eigenvalue weighted by Gasteiger charge is 2.27. The van der Waals surface area contributed by atoms with Crippen LogP contribution in [0.2, 0.25) is 0 Å². The summed E-state index contributed by atoms with van der Waals surface area (Å²) in [5.74, 6) is 1.13. The second kappa shape index (κ2) is 20.2. The van der Waals surface area contributed by atoms with Gasteiger partial charge in [-0.1, -0.05) is 57.9 Å². The number of benzene rings is 4. The van der Waals surface area contributed by atoms with E-state index in [-0.39, 0.29) is 28.7 Å². The number of fused-ring (bicyclic) bond motifs is 1. The predicted molar refractivity (Wildman–Crippen MR) is 232 cm³/mol. The normalized spacial score (nSPS) is 11.4. The van der Waals surface area contributed by atoms with Gasteiger partial charge < -0.3 is 39.8 Å². The molecule has 5 N–H and O–H groups in total. The van der Waals surface area contributed by atoms with Crippen LogP contribution in [0.1, 0.15) is 68.8 Å². The minimum Gasteiger partial charge on any atom is -0.496 e. The second-order valence-electron chi connectivity index (χ2n) is 14.6. The van der Waals surface area contributed by atoms with Crippen LogP contribution in [0.4, 0.5) is 27.7 Å². The van der Waals surface area contributed by atoms with Gasteiger partial charge in [-0.15, -0.1) is 0 Å². The fraction of sp³-hybridized carbons (Fsp3) is 0.302. The number of ether oxygens (including phenoxy) is 3. The van der Waals surface area contributed by atoms with Gasteiger partial charge in [0.05, 0.1) is 31.2 Å². The molecule has 17 heteroatoms. The van der Waals surface area contributed by atoms with E-state index in [1.807, 2.05) is 45.0 Å². The maximum atomic E-state index is 13.5. The summed E-state index contributed by atoms with van der Waals surface area (Å²) in [6.45, 7) is 6.29. The van der Waals surface area contributed by atoms with E-state index < -0.39 is 27.4 Å². The van der Waals surface area contributed by atoms with Crippen molar-refractivity contribution >= 4 is 73.4 Å². The number of amides is 3. The number of urea groups is 1. The number of carbonyl (C=O) groups is 3. The van der Waals surface area contributed by atoms with Crippen molar-refractivity contribution in [2.75, 3.05) is 43.8 Å². The van der Waals surface area contributed by atoms with E-state index in [0.29, 0.717) is 69.3 Å². The molecule has 5 aromatic rings. The lowest BCUT2D eigenvalue weighted by Crippen LogP contribution is -2.25. The van der Waals surface area contributed by atoms with E-state index in [2.05, 4.69) is 35.3 Å². The number of pyridine rings is 1. The van der Waals surface area contributed by atoms with Crippen LogP contribution in [0.25, 0.3) is 10.8 Å². The maximum absolute atomic E-state index is 13.5. The lowest BCUT2D eigenvalue weighted by Gasteiger charge is -2.23. The van der Waals surface area contributed by atoms with Crippen molar-refractivity contribution in [1.82, 2.24) is 15.0 Å². The molecule has 1 heterocycles. The van der Waals surface area contributed by atoms with Gasteiger partial charge in [-0.05, 0) is 73.3 Å². The molecular weight excluding hydrogens is 812 g/mol. The summed E-state index contributed by atoms with van der Waals surface area (Å²) in [6.07, 6.45) is 4.93. The lowest BCUT2D eigenvalue weighted by molar-refractivity contribution is -0.134. The highest BCUT2D eigenvalue weighted by Crippen LogP contribution is 2.39. The number of sulfonamides is 1. The predicted octanol–water partition coefficient (Wildman–Crippen LogP) is 9.01. The quantitative estimate of drug-likeness (QED) is 0.0528. The molecule has 60 heavy (non-hydrogen) atoms. The van der Waals surface area contributed by atoms with Crippen molar-refractivity contribution in [3.8, 4) is 23.0 Å². The van der Waals surface area contributed by atoms with Crippen molar-refractivity contribution in [2.45, 2.75) is 63.2 Å². The number of anilines is 4. The lowest BCUT2D eigenvalue weighted by atomic mass is 9.86. The van der Waals surface area contributed by atoms with Crippen LogP contribution in [0.3, 0.4) is 0 Å². The third kappa shape index (κ3) is 11.5. The van der Waals surface area contributed by atoms with Crippen LogP contribution in [0.15, 0.2) is 90.0 Å². The standard InChI is InChI=1S/C43H49ClN6O9S/c1-43(2,3)27-23-34(40(57-6)37(24-27)60(54,55)45-4)50-42(53)49-33-18-19-35(31-14-11-10-13-30(31)33)58-29-20-22-46-38(26-29)48-28-16-17-32(36(25-28)56-5)41(52)47-21-12-8-7-9-15-39(51)59-44/h10-11,13-14,16-20,22-26,45H,7-9,12,15,21H2,1-6H3,(H,46,48)(H,47,52)(H2,49,50,53). The zero-order valence-corrected chi connectivity index (χ0v) is 35.8. The SMILES string of the molecule is CNS(=O)(=O)c1cc(C(C)(C)C)cc(NC(=O)Nc2ccc(Oc3ccnc(Nc4ccc(C(=O)NCCCCCCC(=O)OCl)c(OC)c4)c3)c3ccccc23)c1OC. The van der Waals surface area contributed by atoms with Gasteiger partial charge in [0.25, 0.3) is 5.91 Å². The van der Waals surface area contributed by atoms with Crippen LogP contribution in [-0.2, 0) is 24.5 Å². The topological polar surface area (TPSA) is 195 Å². The van der Waals surface area contributed by atoms with E-state index in [1.54, 1.807) is 60.8 Å². The van der Waals surface area contributed by atoms with Gasteiger partial charge in [-0.25, -0.2) is 22.9 Å². The Bertz CT molecular complexity index is 2460. The number of nitrogens with one attached hydrogen (secondary N) is 5. The molecule has 0 aliphatic rings. The van der Waals surface area contributed by atoms with Crippen molar-refractivity contribution in [3.05, 3.63) is 96.2 Å². The number of hydrogen-bond acceptors (Lipinski definition) is 11. The number of methoxy groups -OCH3 is 2. The fourth-order valence-corrected chi connectivity index (χ4v) is 7.27. The summed E-state index contributed by atoms with van der Waals surface area (Å²) < 4.78 is 49.8. The number of carbonyl (C=O) groups excluding carboxylic acids is 3. The minimum absolute atomic E-state index is 0.00263. The van der Waals surface area contributed by atoms with Gasteiger partial charge in [-0.2, -0.15) is 0 Å². The molecule has 0 saturated heterocycles. The molecule has 0 bridgehead atoms. The number of rotatable bonds is 18. The molecule has 0 aliphatic carbocycles. The highest BCUT2D eigenvalue weighted by molar-refractivity contribution is 7.89. The van der Waals surface area contributed by atoms with Gasteiger partial charge in [-0.3, -0.25) is 9.59 Å². The van der Waals surface area contributed by atoms with E-state index in [0.717, 1.165) is 19.3 Å². The summed E-state index contributed by atoms with van der Waals surface area (Å²) >= 11 is 5.05. The fourth-order valence-electron chi connectivity index (χ4n) is 6.25. The van der Waals surface area contributed by atoms with E-state index >= 15 is 0 Å². The number of hydrogen-bond donors (Lipinski definition) is 5. The summed E-state index contributed by atoms with van der Waals surface area (Å²) in [4.78, 5) is 41.9. The molecule has 0 aliphatic heterocycles. The maximum Gasteiger partial charge on any atom is 0.324 e. The van der Waals surface area contributed by atoms with Crippen LogP contribution in [0.5, 0.6) is 23.0 Å². The Labute approximate surface area is 354 Å². The third-order valence-electron chi connectivity index (χ3n) is 9.42. The number of aromatic nitrogens is 1. The first-order valence-electron chi connectivity index (χ1n) is 19.1. The Morgan fingerprint density at radius 1 is 0.800 bits per heavy atom. The summed E-state index contributed by atoms with van der Waals surface area (Å²) in [5.41, 5.74) is 1.92. The largest absolute Gasteiger partial charge is 0.496 e. The van der Waals surface area contributed by atoms with E-state index in [9.17, 15) is 22.8 Å². The average molecular weight is 861 g/mol. The van der Waals surface area contributed by atoms with Crippen molar-refractivity contribution in [1.29, 1.82) is 0 Å². The molecule has 0 spiro atoms. The summed E-state index contributed by atoms with van der Waals surface area (Å²) in [6, 6.07) is 22.0. The van der Waals surface area contributed by atoms with Gasteiger partial charge in [0.15, 0.2) is 5.75 Å². The Morgan fingerprint density at radius 3 is 2.23 bits per heavy atom. The monoisotopic (exact) mass is 860 g/mol. The summed E-state index contributed by atoms with van der Waals surface area (Å²) in [7, 11) is 0.214. The molecule has 1 aromatic heterocycles. The highest BCUT2D eigenvalue weighted by atomic mass is 35.5. The van der Waals surface area contributed by atoms with E-state index in [1.165, 1.54) is 21.3 Å². The molecular formula is C43H49ClN6O9S. The second-order valence-corrected chi connectivity index (χ2v) is 16.6. The van der Waals surface area contributed by atoms with Gasteiger partial charge in [0.1, 0.15) is 39.8 Å². The molecule has 0 atom stereocenters. The zero-order valence-electron chi connectivity index (χ0n) is 34.2. The first-order chi connectivity index (χ1) is 28.7. The molecule has 0 radical (unpaired) electrons. The Balaban J connectivity index is 1.27. The van der Waals surface area contributed by atoms with Crippen LogP contribution < -0.4 is 40.2 Å². The number of unbranched alkanes of at least 4 members (excludes halogenated alkanes) is 3. The van der Waals surface area contributed by atoms with Gasteiger partial charge in [0, 0.05) is 47.8 Å². The zero-order chi connectivity index (χ0) is 43.5. The van der Waals surface area contributed by atoms with Crippen LogP contribution in [-0.4, -0.2) is 59.1 Å². The molecule has 15 nitrogen and oxygen atoms in total. The van der Waals surface area contributed by atoms with Gasteiger partial charge >= 0.3 is 12.0 Å². The van der Waals surface area contributed by atoms with Gasteiger partial charge in [0.2, 0.25) is 10.0 Å². The van der Waals surface area contributed by atoms with Crippen molar-refractivity contribution in [2.24, 2.45) is 0 Å². The first-order valence-corrected chi connectivity index (χ1v) is 20.9. The van der Waals surface area contributed by atoms with Crippen LogP contribution in [0, 0.1) is 0 Å². The Hall–Kier alpha value is -6.10. The molecule has 0 unspecified atom stereocenters. The number of halogens is 1. The number of nitrogens with zero attached hydrogens (tertiary/aromatic N) is 1. The van der Waals surface area contributed by atoms with Crippen molar-refractivity contribution in [3.63, 3.8) is 0 Å². The summed E-state index contributed by atoms with van der Waals surface area (Å²) in [5, 5.41) is 13.2. The van der Waals surface area contributed by atoms with E-state index in [4.69, 9.17) is 26.1 Å². The Morgan fingerprint density at radius 2 is 1.53 bits per heavy atom. The van der Waals surface area contributed by atoms with Crippen molar-refractivity contribution < 1.29 is 41.3 Å². The molecule has 5 rings (SSSR count). The molecule has 4 aromatic carbocycles. The molecule has 0 fully saturated rings. The smallest absolute Gasteiger partial charge is 0.324 e. The van der Waals surface area contributed by atoms with Crippen LogP contribution >= 0.6 is 11.9 Å². The average Bonchev–Trinajstić information content (AvgIpc) is 3.23. The third-order valence-corrected chi connectivity index (χ3v) is 11.0. The minimum atomic E-state index is -3.93. The first kappa shape index (κ1) is 45.0. The Kier molecular flexibility index (Phi) is 15.2. The molecule has 0 saturated carbocycles. The molecule has 3 amide bonds.